The summed E-state index contributed by atoms with van der Waals surface area (Å²) in [5, 5.41) is 4.30. The van der Waals surface area contributed by atoms with E-state index >= 15 is 0 Å². The molecule has 0 aromatic heterocycles. The van der Waals surface area contributed by atoms with Gasteiger partial charge in [0.15, 0.2) is 0 Å². The quantitative estimate of drug-likeness (QED) is 0.761. The molecule has 0 bridgehead atoms. The number of hydrogen-bond donors (Lipinski definition) is 1. The van der Waals surface area contributed by atoms with Crippen LogP contribution in [0.5, 0.6) is 0 Å². The maximum atomic E-state index is 5.86. The largest absolute Gasteiger partial charge is 0.370 e. The van der Waals surface area contributed by atoms with Gasteiger partial charge >= 0.3 is 0 Å². The fourth-order valence-corrected chi connectivity index (χ4v) is 1.98. The molecule has 0 amide bonds. The molecule has 16 heavy (non-hydrogen) atoms. The summed E-state index contributed by atoms with van der Waals surface area (Å²) in [5.74, 6) is 0. The van der Waals surface area contributed by atoms with Crippen molar-refractivity contribution in [2.24, 2.45) is 0 Å². The molecule has 1 N–H and O–H groups in total. The van der Waals surface area contributed by atoms with E-state index in [0.717, 1.165) is 30.2 Å². The number of nitrogens with one attached hydrogen (secondary N) is 1. The minimum atomic E-state index is 0.399. The lowest BCUT2D eigenvalue weighted by Gasteiger charge is -2.30. The van der Waals surface area contributed by atoms with E-state index in [-0.39, 0.29) is 0 Å². The number of anilines is 1. The average Bonchev–Trinajstić information content (AvgIpc) is 2.32. The highest BCUT2D eigenvalue weighted by Gasteiger charge is 2.12. The third kappa shape index (κ3) is 3.69. The van der Waals surface area contributed by atoms with Crippen LogP contribution in [-0.2, 0) is 0 Å². The van der Waals surface area contributed by atoms with E-state index < -0.39 is 0 Å². The van der Waals surface area contributed by atoms with Crippen LogP contribution in [-0.4, -0.2) is 24.2 Å². The number of nitrogens with zero attached hydrogens (tertiary/aromatic N) is 1. The zero-order valence-electron chi connectivity index (χ0n) is 10.3. The summed E-state index contributed by atoms with van der Waals surface area (Å²) in [5.41, 5.74) is 1.13. The van der Waals surface area contributed by atoms with Crippen molar-refractivity contribution in [3.8, 4) is 0 Å². The van der Waals surface area contributed by atoms with Gasteiger partial charge < -0.3 is 5.32 Å². The summed E-state index contributed by atoms with van der Waals surface area (Å²) in [6.45, 7) is 8.71. The first kappa shape index (κ1) is 13.3. The number of hydrogen-bond acceptors (Lipinski definition) is 2. The van der Waals surface area contributed by atoms with Gasteiger partial charge in [0.05, 0.1) is 6.17 Å². The lowest BCUT2D eigenvalue weighted by molar-refractivity contribution is 0.233. The lowest BCUT2D eigenvalue weighted by atomic mass is 10.2. The molecule has 90 valence electrons. The Balaban J connectivity index is 2.65. The van der Waals surface area contributed by atoms with Crippen molar-refractivity contribution in [3.63, 3.8) is 0 Å². The summed E-state index contributed by atoms with van der Waals surface area (Å²) in [7, 11) is 0. The summed E-state index contributed by atoms with van der Waals surface area (Å²) < 4.78 is 0. The number of benzene rings is 1. The molecule has 1 rings (SSSR count). The second-order valence-corrected chi connectivity index (χ2v) is 4.23. The van der Waals surface area contributed by atoms with Crippen LogP contribution >= 0.6 is 11.6 Å². The summed E-state index contributed by atoms with van der Waals surface area (Å²) in [4.78, 5) is 2.41. The van der Waals surface area contributed by atoms with Crippen molar-refractivity contribution in [2.45, 2.75) is 33.4 Å². The van der Waals surface area contributed by atoms with Crippen molar-refractivity contribution in [1.29, 1.82) is 0 Å². The van der Waals surface area contributed by atoms with Crippen molar-refractivity contribution < 1.29 is 0 Å². The molecule has 0 spiro atoms. The Labute approximate surface area is 104 Å². The van der Waals surface area contributed by atoms with E-state index in [1.807, 2.05) is 24.3 Å². The van der Waals surface area contributed by atoms with Crippen LogP contribution in [0, 0.1) is 0 Å². The topological polar surface area (TPSA) is 15.3 Å². The fourth-order valence-electron chi connectivity index (χ4n) is 1.85. The molecule has 1 atom stereocenters. The molecule has 0 aliphatic carbocycles. The molecule has 0 radical (unpaired) electrons. The zero-order valence-corrected chi connectivity index (χ0v) is 11.1. The molecule has 2 nitrogen and oxygen atoms in total. The first-order valence-corrected chi connectivity index (χ1v) is 6.35. The monoisotopic (exact) mass is 240 g/mol. The maximum Gasteiger partial charge on any atom is 0.0790 e. The van der Waals surface area contributed by atoms with Crippen molar-refractivity contribution >= 4 is 17.3 Å². The molecule has 0 heterocycles. The molecule has 1 unspecified atom stereocenters. The van der Waals surface area contributed by atoms with Crippen molar-refractivity contribution in [3.05, 3.63) is 29.3 Å². The van der Waals surface area contributed by atoms with Crippen molar-refractivity contribution in [2.75, 3.05) is 18.4 Å². The molecule has 0 saturated carbocycles. The molecule has 3 heteroatoms. The fraction of sp³-hybridized carbons (Fsp3) is 0.538. The Morgan fingerprint density at radius 2 is 1.69 bits per heavy atom. The summed E-state index contributed by atoms with van der Waals surface area (Å²) in [6, 6.07) is 7.88. The lowest BCUT2D eigenvalue weighted by Crippen LogP contribution is -2.40. The third-order valence-corrected chi connectivity index (χ3v) is 3.07. The maximum absolute atomic E-state index is 5.86. The first-order chi connectivity index (χ1) is 7.71. The van der Waals surface area contributed by atoms with Gasteiger partial charge in [0.1, 0.15) is 0 Å². The van der Waals surface area contributed by atoms with E-state index in [2.05, 4.69) is 31.0 Å². The van der Waals surface area contributed by atoms with Crippen LogP contribution in [0.15, 0.2) is 24.3 Å². The molecule has 0 aliphatic rings. The van der Waals surface area contributed by atoms with Crippen LogP contribution < -0.4 is 5.32 Å². The SMILES string of the molecule is CCC(Nc1ccc(Cl)cc1)N(CC)CC. The van der Waals surface area contributed by atoms with Crippen LogP contribution in [0.2, 0.25) is 5.02 Å². The predicted octanol–water partition coefficient (Wildman–Crippen LogP) is 3.83. The van der Waals surface area contributed by atoms with Gasteiger partial charge in [-0.2, -0.15) is 0 Å². The van der Waals surface area contributed by atoms with Crippen LogP contribution in [0.3, 0.4) is 0 Å². The number of halogens is 1. The van der Waals surface area contributed by atoms with E-state index in [4.69, 9.17) is 11.6 Å². The Bertz CT molecular complexity index is 293. The van der Waals surface area contributed by atoms with Gasteiger partial charge in [0, 0.05) is 10.7 Å². The molecule has 0 saturated heterocycles. The van der Waals surface area contributed by atoms with Crippen LogP contribution in [0.25, 0.3) is 0 Å². The molecule has 1 aromatic rings. The van der Waals surface area contributed by atoms with Gasteiger partial charge in [-0.3, -0.25) is 4.90 Å². The molecule has 0 aliphatic heterocycles. The Morgan fingerprint density at radius 1 is 1.12 bits per heavy atom. The second-order valence-electron chi connectivity index (χ2n) is 3.80. The molecular weight excluding hydrogens is 220 g/mol. The highest BCUT2D eigenvalue weighted by Crippen LogP contribution is 2.16. The van der Waals surface area contributed by atoms with Gasteiger partial charge in [-0.25, -0.2) is 0 Å². The zero-order chi connectivity index (χ0) is 12.0. The van der Waals surface area contributed by atoms with E-state index in [1.165, 1.54) is 0 Å². The first-order valence-electron chi connectivity index (χ1n) is 5.97. The third-order valence-electron chi connectivity index (χ3n) is 2.82. The summed E-state index contributed by atoms with van der Waals surface area (Å²) >= 11 is 5.86. The van der Waals surface area contributed by atoms with Gasteiger partial charge in [-0.1, -0.05) is 32.4 Å². The standard InChI is InChI=1S/C13H21ClN2/c1-4-13(16(5-2)6-3)15-12-9-7-11(14)8-10-12/h7-10,13,15H,4-6H2,1-3H3. The van der Waals surface area contributed by atoms with Gasteiger partial charge in [0.25, 0.3) is 0 Å². The minimum absolute atomic E-state index is 0.399. The Kier molecular flexibility index (Phi) is 5.64. The second kappa shape index (κ2) is 6.77. The van der Waals surface area contributed by atoms with Gasteiger partial charge in [0.2, 0.25) is 0 Å². The predicted molar refractivity (Wildman–Crippen MR) is 72.1 cm³/mol. The molecule has 0 fully saturated rings. The highest BCUT2D eigenvalue weighted by atomic mass is 35.5. The van der Waals surface area contributed by atoms with Crippen LogP contribution in [0.1, 0.15) is 27.2 Å². The number of rotatable bonds is 6. The smallest absolute Gasteiger partial charge is 0.0790 e. The average molecular weight is 241 g/mol. The summed E-state index contributed by atoms with van der Waals surface area (Å²) in [6.07, 6.45) is 1.49. The van der Waals surface area contributed by atoms with Crippen LogP contribution in [0.4, 0.5) is 5.69 Å². The van der Waals surface area contributed by atoms with E-state index in [1.54, 1.807) is 0 Å². The van der Waals surface area contributed by atoms with Gasteiger partial charge in [-0.15, -0.1) is 0 Å². The molecular formula is C13H21ClN2. The Morgan fingerprint density at radius 3 is 2.12 bits per heavy atom. The Hall–Kier alpha value is -0.730. The molecule has 1 aromatic carbocycles. The normalized spacial score (nSPS) is 12.8. The highest BCUT2D eigenvalue weighted by molar-refractivity contribution is 6.30. The van der Waals surface area contributed by atoms with Crippen molar-refractivity contribution in [1.82, 2.24) is 4.90 Å². The minimum Gasteiger partial charge on any atom is -0.370 e. The van der Waals surface area contributed by atoms with E-state index in [0.29, 0.717) is 6.17 Å². The van der Waals surface area contributed by atoms with Gasteiger partial charge in [-0.05, 0) is 43.8 Å². The van der Waals surface area contributed by atoms with E-state index in [9.17, 15) is 0 Å².